The van der Waals surface area contributed by atoms with Gasteiger partial charge in [0.15, 0.2) is 5.17 Å². The van der Waals surface area contributed by atoms with Crippen molar-refractivity contribution in [2.24, 2.45) is 4.99 Å². The van der Waals surface area contributed by atoms with Gasteiger partial charge in [0.1, 0.15) is 0 Å². The SMILES string of the molecule is c1cc2c(c(NC3=NCCS3)c1)CCCC2. The fraction of sp³-hybridized carbons (Fsp3) is 0.462. The fourth-order valence-electron chi connectivity index (χ4n) is 2.42. The summed E-state index contributed by atoms with van der Waals surface area (Å²) in [4.78, 5) is 4.45. The van der Waals surface area contributed by atoms with Gasteiger partial charge in [-0.25, -0.2) is 0 Å². The maximum absolute atomic E-state index is 4.45. The van der Waals surface area contributed by atoms with Crippen LogP contribution in [-0.2, 0) is 12.8 Å². The Hall–Kier alpha value is -0.960. The molecule has 84 valence electrons. The van der Waals surface area contributed by atoms with Gasteiger partial charge in [0.2, 0.25) is 0 Å². The van der Waals surface area contributed by atoms with E-state index < -0.39 is 0 Å². The maximum Gasteiger partial charge on any atom is 0.161 e. The van der Waals surface area contributed by atoms with Crippen LogP contribution >= 0.6 is 11.8 Å². The van der Waals surface area contributed by atoms with Gasteiger partial charge in [0.05, 0.1) is 6.54 Å². The van der Waals surface area contributed by atoms with Crippen molar-refractivity contribution in [2.45, 2.75) is 25.7 Å². The normalized spacial score (nSPS) is 19.1. The van der Waals surface area contributed by atoms with Gasteiger partial charge in [-0.05, 0) is 42.9 Å². The molecule has 0 bridgehead atoms. The van der Waals surface area contributed by atoms with Crippen LogP contribution in [-0.4, -0.2) is 17.5 Å². The highest BCUT2D eigenvalue weighted by atomic mass is 32.2. The number of aryl methyl sites for hydroxylation is 1. The third-order valence-electron chi connectivity index (χ3n) is 3.22. The molecule has 1 aliphatic carbocycles. The first kappa shape index (κ1) is 10.2. The number of thioether (sulfide) groups is 1. The van der Waals surface area contributed by atoms with Crippen molar-refractivity contribution >= 4 is 22.6 Å². The number of amidine groups is 1. The molecule has 1 N–H and O–H groups in total. The van der Waals surface area contributed by atoms with Crippen molar-refractivity contribution in [1.29, 1.82) is 0 Å². The molecule has 16 heavy (non-hydrogen) atoms. The molecule has 1 heterocycles. The summed E-state index contributed by atoms with van der Waals surface area (Å²) in [6, 6.07) is 6.61. The second-order valence-corrected chi connectivity index (χ2v) is 5.39. The molecule has 2 nitrogen and oxygen atoms in total. The molecule has 1 aromatic carbocycles. The highest BCUT2D eigenvalue weighted by Gasteiger charge is 2.14. The van der Waals surface area contributed by atoms with E-state index in [1.807, 2.05) is 11.8 Å². The lowest BCUT2D eigenvalue weighted by Gasteiger charge is -2.19. The van der Waals surface area contributed by atoms with E-state index >= 15 is 0 Å². The van der Waals surface area contributed by atoms with Gasteiger partial charge in [-0.1, -0.05) is 23.9 Å². The standard InChI is InChI=1S/C13H16N2S/c1-2-6-11-10(4-1)5-3-7-12(11)15-13-14-8-9-16-13/h3,5,7H,1-2,4,6,8-9H2,(H,14,15). The van der Waals surface area contributed by atoms with Gasteiger partial charge in [-0.2, -0.15) is 0 Å². The molecule has 1 aromatic rings. The third kappa shape index (κ3) is 1.96. The van der Waals surface area contributed by atoms with Crippen LogP contribution in [0.4, 0.5) is 5.69 Å². The predicted octanol–water partition coefficient (Wildman–Crippen LogP) is 3.08. The molecule has 0 saturated heterocycles. The molecule has 0 amide bonds. The van der Waals surface area contributed by atoms with Crippen LogP contribution in [0.15, 0.2) is 23.2 Å². The largest absolute Gasteiger partial charge is 0.335 e. The Morgan fingerprint density at radius 1 is 1.19 bits per heavy atom. The number of nitrogens with one attached hydrogen (secondary N) is 1. The first-order chi connectivity index (χ1) is 7.93. The number of nitrogens with zero attached hydrogens (tertiary/aromatic N) is 1. The number of anilines is 1. The first-order valence-electron chi connectivity index (χ1n) is 5.98. The molecule has 1 aliphatic heterocycles. The highest BCUT2D eigenvalue weighted by molar-refractivity contribution is 8.14. The van der Waals surface area contributed by atoms with E-state index in [0.717, 1.165) is 17.5 Å². The lowest BCUT2D eigenvalue weighted by atomic mass is 9.90. The fourth-order valence-corrected chi connectivity index (χ4v) is 3.17. The average molecular weight is 232 g/mol. The topological polar surface area (TPSA) is 24.4 Å². The summed E-state index contributed by atoms with van der Waals surface area (Å²) < 4.78 is 0. The van der Waals surface area contributed by atoms with Gasteiger partial charge in [-0.3, -0.25) is 4.99 Å². The zero-order chi connectivity index (χ0) is 10.8. The van der Waals surface area contributed by atoms with Crippen molar-refractivity contribution in [3.8, 4) is 0 Å². The van der Waals surface area contributed by atoms with Gasteiger partial charge in [0, 0.05) is 11.4 Å². The summed E-state index contributed by atoms with van der Waals surface area (Å²) in [5.41, 5.74) is 4.33. The molecule has 3 rings (SSSR count). The Balaban J connectivity index is 1.88. The second kappa shape index (κ2) is 4.50. The molecule has 0 fully saturated rings. The van der Waals surface area contributed by atoms with E-state index in [9.17, 15) is 0 Å². The van der Waals surface area contributed by atoms with Gasteiger partial charge < -0.3 is 5.32 Å². The maximum atomic E-state index is 4.45. The predicted molar refractivity (Wildman–Crippen MR) is 71.5 cm³/mol. The molecule has 0 unspecified atom stereocenters. The first-order valence-corrected chi connectivity index (χ1v) is 6.97. The smallest absolute Gasteiger partial charge is 0.161 e. The van der Waals surface area contributed by atoms with Gasteiger partial charge in [0.25, 0.3) is 0 Å². The van der Waals surface area contributed by atoms with Crippen molar-refractivity contribution < 1.29 is 0 Å². The van der Waals surface area contributed by atoms with E-state index in [1.165, 1.54) is 42.5 Å². The molecule has 0 aromatic heterocycles. The summed E-state index contributed by atoms with van der Waals surface area (Å²) in [6.45, 7) is 0.960. The minimum atomic E-state index is 0.960. The lowest BCUT2D eigenvalue weighted by molar-refractivity contribution is 0.687. The Labute approximate surface area is 101 Å². The van der Waals surface area contributed by atoms with E-state index in [4.69, 9.17) is 0 Å². The third-order valence-corrected chi connectivity index (χ3v) is 4.11. The van der Waals surface area contributed by atoms with Crippen LogP contribution in [0.5, 0.6) is 0 Å². The van der Waals surface area contributed by atoms with Crippen LogP contribution in [0.2, 0.25) is 0 Å². The second-order valence-electron chi connectivity index (χ2n) is 4.31. The number of hydrogen-bond acceptors (Lipinski definition) is 3. The summed E-state index contributed by atoms with van der Waals surface area (Å²) in [7, 11) is 0. The molecule has 0 saturated carbocycles. The number of aliphatic imine (C=N–C) groups is 1. The number of fused-ring (bicyclic) bond motifs is 1. The Kier molecular flexibility index (Phi) is 2.87. The number of hydrogen-bond donors (Lipinski definition) is 1. The van der Waals surface area contributed by atoms with Gasteiger partial charge in [-0.15, -0.1) is 0 Å². The zero-order valence-corrected chi connectivity index (χ0v) is 10.1. The minimum absolute atomic E-state index is 0.960. The van der Waals surface area contributed by atoms with Crippen LogP contribution in [0.3, 0.4) is 0 Å². The summed E-state index contributed by atoms with van der Waals surface area (Å²) in [6.07, 6.45) is 5.12. The van der Waals surface area contributed by atoms with E-state index in [2.05, 4.69) is 28.5 Å². The molecule has 0 atom stereocenters. The van der Waals surface area contributed by atoms with E-state index in [0.29, 0.717) is 0 Å². The minimum Gasteiger partial charge on any atom is -0.335 e. The monoisotopic (exact) mass is 232 g/mol. The van der Waals surface area contributed by atoms with Gasteiger partial charge >= 0.3 is 0 Å². The highest BCUT2D eigenvalue weighted by Crippen LogP contribution is 2.29. The summed E-state index contributed by atoms with van der Waals surface area (Å²) in [5, 5.41) is 4.58. The summed E-state index contributed by atoms with van der Waals surface area (Å²) >= 11 is 1.83. The molecular formula is C13H16N2S. The van der Waals surface area contributed by atoms with Crippen molar-refractivity contribution in [3.63, 3.8) is 0 Å². The number of benzene rings is 1. The molecular weight excluding hydrogens is 216 g/mol. The lowest BCUT2D eigenvalue weighted by Crippen LogP contribution is -2.11. The number of rotatable bonds is 1. The summed E-state index contributed by atoms with van der Waals surface area (Å²) in [5.74, 6) is 1.12. The van der Waals surface area contributed by atoms with Crippen LogP contribution in [0.1, 0.15) is 24.0 Å². The van der Waals surface area contributed by atoms with Crippen molar-refractivity contribution in [2.75, 3.05) is 17.6 Å². The van der Waals surface area contributed by atoms with Crippen LogP contribution in [0.25, 0.3) is 0 Å². The molecule has 0 spiro atoms. The Morgan fingerprint density at radius 3 is 3.00 bits per heavy atom. The molecule has 0 radical (unpaired) electrons. The van der Waals surface area contributed by atoms with Crippen LogP contribution in [0, 0.1) is 0 Å². The Bertz CT molecular complexity index is 426. The van der Waals surface area contributed by atoms with E-state index in [1.54, 1.807) is 0 Å². The quantitative estimate of drug-likeness (QED) is 0.804. The van der Waals surface area contributed by atoms with Crippen LogP contribution < -0.4 is 5.32 Å². The van der Waals surface area contributed by atoms with Crippen molar-refractivity contribution in [3.05, 3.63) is 29.3 Å². The van der Waals surface area contributed by atoms with E-state index in [-0.39, 0.29) is 0 Å². The molecule has 3 heteroatoms. The zero-order valence-electron chi connectivity index (χ0n) is 9.33. The Morgan fingerprint density at radius 2 is 2.12 bits per heavy atom. The van der Waals surface area contributed by atoms with Crippen molar-refractivity contribution in [1.82, 2.24) is 0 Å². The molecule has 2 aliphatic rings. The average Bonchev–Trinajstić information content (AvgIpc) is 2.82.